The van der Waals surface area contributed by atoms with Gasteiger partial charge in [0.25, 0.3) is 5.91 Å². The summed E-state index contributed by atoms with van der Waals surface area (Å²) in [6, 6.07) is 18.0. The summed E-state index contributed by atoms with van der Waals surface area (Å²) in [4.78, 5) is 38.2. The lowest BCUT2D eigenvalue weighted by molar-refractivity contribution is -0.138. The molecule has 0 saturated carbocycles. The van der Waals surface area contributed by atoms with Gasteiger partial charge in [-0.05, 0) is 36.5 Å². The first-order valence-corrected chi connectivity index (χ1v) is 9.93. The van der Waals surface area contributed by atoms with Crippen LogP contribution in [0.3, 0.4) is 0 Å². The maximum absolute atomic E-state index is 12.9. The number of carboxylic acids is 1. The Labute approximate surface area is 170 Å². The molecule has 0 radical (unpaired) electrons. The topological polar surface area (TPSA) is 86.7 Å². The first-order chi connectivity index (χ1) is 14.0. The fourth-order valence-electron chi connectivity index (χ4n) is 3.71. The number of likely N-dealkylation sites (tertiary alicyclic amines) is 1. The van der Waals surface area contributed by atoms with Crippen LogP contribution in [-0.2, 0) is 9.59 Å². The van der Waals surface area contributed by atoms with Crippen molar-refractivity contribution in [3.05, 3.63) is 71.8 Å². The quantitative estimate of drug-likeness (QED) is 0.755. The van der Waals surface area contributed by atoms with Gasteiger partial charge in [0.2, 0.25) is 5.91 Å². The van der Waals surface area contributed by atoms with Gasteiger partial charge in [0, 0.05) is 25.1 Å². The molecule has 6 nitrogen and oxygen atoms in total. The SMILES string of the molecule is O=C(O)CC1CCN(C(=O)CC(NC(=O)c2ccccc2)c2ccccc2)CC1. The molecule has 1 aliphatic rings. The summed E-state index contributed by atoms with van der Waals surface area (Å²) < 4.78 is 0. The van der Waals surface area contributed by atoms with Crippen LogP contribution in [0.15, 0.2) is 60.7 Å². The molecule has 2 amide bonds. The van der Waals surface area contributed by atoms with E-state index in [1.165, 1.54) is 0 Å². The van der Waals surface area contributed by atoms with Crippen molar-refractivity contribution in [2.24, 2.45) is 5.92 Å². The largest absolute Gasteiger partial charge is 0.481 e. The number of nitrogens with one attached hydrogen (secondary N) is 1. The Balaban J connectivity index is 1.65. The van der Waals surface area contributed by atoms with Crippen molar-refractivity contribution in [2.45, 2.75) is 31.7 Å². The van der Waals surface area contributed by atoms with Gasteiger partial charge in [-0.1, -0.05) is 48.5 Å². The maximum Gasteiger partial charge on any atom is 0.303 e. The fourth-order valence-corrected chi connectivity index (χ4v) is 3.71. The number of carbonyl (C=O) groups excluding carboxylic acids is 2. The summed E-state index contributed by atoms with van der Waals surface area (Å²) >= 11 is 0. The summed E-state index contributed by atoms with van der Waals surface area (Å²) in [5, 5.41) is 11.9. The Morgan fingerprint density at radius 1 is 0.966 bits per heavy atom. The predicted octanol–water partition coefficient (Wildman–Crippen LogP) is 3.26. The maximum atomic E-state index is 12.9. The van der Waals surface area contributed by atoms with E-state index in [-0.39, 0.29) is 30.6 Å². The summed E-state index contributed by atoms with van der Waals surface area (Å²) in [5.41, 5.74) is 1.43. The highest BCUT2D eigenvalue weighted by Crippen LogP contribution is 2.24. The van der Waals surface area contributed by atoms with Crippen LogP contribution in [0.5, 0.6) is 0 Å². The van der Waals surface area contributed by atoms with E-state index in [2.05, 4.69) is 5.32 Å². The van der Waals surface area contributed by atoms with Crippen molar-refractivity contribution in [3.8, 4) is 0 Å². The Morgan fingerprint density at radius 3 is 2.14 bits per heavy atom. The number of piperidine rings is 1. The zero-order valence-corrected chi connectivity index (χ0v) is 16.3. The fraction of sp³-hybridized carbons (Fsp3) is 0.348. The van der Waals surface area contributed by atoms with Crippen LogP contribution in [0, 0.1) is 5.92 Å². The molecule has 152 valence electrons. The standard InChI is InChI=1S/C23H26N2O4/c26-21(25-13-11-17(12-14-25)15-22(27)28)16-20(18-7-3-1-4-8-18)24-23(29)19-9-5-2-6-10-19/h1-10,17,20H,11-16H2,(H,24,29)(H,27,28). The van der Waals surface area contributed by atoms with Gasteiger partial charge in [0.1, 0.15) is 0 Å². The smallest absolute Gasteiger partial charge is 0.303 e. The van der Waals surface area contributed by atoms with Crippen molar-refractivity contribution in [2.75, 3.05) is 13.1 Å². The molecule has 0 bridgehead atoms. The normalized spacial score (nSPS) is 15.5. The van der Waals surface area contributed by atoms with Crippen LogP contribution in [0.1, 0.15) is 47.6 Å². The van der Waals surface area contributed by atoms with Crippen molar-refractivity contribution in [1.82, 2.24) is 10.2 Å². The Morgan fingerprint density at radius 2 is 1.55 bits per heavy atom. The molecule has 2 N–H and O–H groups in total. The van der Waals surface area contributed by atoms with Crippen LogP contribution in [0.4, 0.5) is 0 Å². The third kappa shape index (κ3) is 5.91. The van der Waals surface area contributed by atoms with Crippen LogP contribution in [0.25, 0.3) is 0 Å². The number of carbonyl (C=O) groups is 3. The molecule has 0 spiro atoms. The van der Waals surface area contributed by atoms with Gasteiger partial charge < -0.3 is 15.3 Å². The van der Waals surface area contributed by atoms with Crippen molar-refractivity contribution in [3.63, 3.8) is 0 Å². The lowest BCUT2D eigenvalue weighted by Gasteiger charge is -2.32. The van der Waals surface area contributed by atoms with Gasteiger partial charge in [-0.2, -0.15) is 0 Å². The minimum absolute atomic E-state index is 0.0269. The third-order valence-corrected chi connectivity index (χ3v) is 5.35. The first kappa shape index (κ1) is 20.6. The number of aliphatic carboxylic acids is 1. The van der Waals surface area contributed by atoms with E-state index in [1.54, 1.807) is 29.2 Å². The van der Waals surface area contributed by atoms with E-state index in [4.69, 9.17) is 5.11 Å². The average Bonchev–Trinajstić information content (AvgIpc) is 2.74. The second-order valence-electron chi connectivity index (χ2n) is 7.43. The highest BCUT2D eigenvalue weighted by molar-refractivity contribution is 5.94. The summed E-state index contributed by atoms with van der Waals surface area (Å²) in [7, 11) is 0. The third-order valence-electron chi connectivity index (χ3n) is 5.35. The minimum atomic E-state index is -0.789. The van der Waals surface area contributed by atoms with E-state index in [0.717, 1.165) is 5.56 Å². The van der Waals surface area contributed by atoms with Crippen molar-refractivity contribution < 1.29 is 19.5 Å². The molecule has 2 aromatic rings. The minimum Gasteiger partial charge on any atom is -0.481 e. The number of hydrogen-bond acceptors (Lipinski definition) is 3. The number of benzene rings is 2. The molecule has 1 saturated heterocycles. The first-order valence-electron chi connectivity index (χ1n) is 9.93. The zero-order chi connectivity index (χ0) is 20.6. The highest BCUT2D eigenvalue weighted by Gasteiger charge is 2.27. The van der Waals surface area contributed by atoms with E-state index >= 15 is 0 Å². The molecule has 1 heterocycles. The zero-order valence-electron chi connectivity index (χ0n) is 16.3. The summed E-state index contributed by atoms with van der Waals surface area (Å²) in [5.74, 6) is -0.907. The lowest BCUT2D eigenvalue weighted by atomic mass is 9.93. The Hall–Kier alpha value is -3.15. The molecule has 0 aromatic heterocycles. The molecule has 0 aliphatic carbocycles. The molecule has 29 heavy (non-hydrogen) atoms. The molecule has 1 fully saturated rings. The average molecular weight is 394 g/mol. The summed E-state index contributed by atoms with van der Waals surface area (Å²) in [6.07, 6.45) is 1.73. The molecule has 1 aliphatic heterocycles. The van der Waals surface area contributed by atoms with Crippen LogP contribution < -0.4 is 5.32 Å². The molecule has 6 heteroatoms. The van der Waals surface area contributed by atoms with Crippen molar-refractivity contribution in [1.29, 1.82) is 0 Å². The number of amides is 2. The molecule has 3 rings (SSSR count). The van der Waals surface area contributed by atoms with Crippen LogP contribution in [0.2, 0.25) is 0 Å². The van der Waals surface area contributed by atoms with Gasteiger partial charge in [-0.25, -0.2) is 0 Å². The molecule has 1 unspecified atom stereocenters. The van der Waals surface area contributed by atoms with Gasteiger partial charge >= 0.3 is 5.97 Å². The van der Waals surface area contributed by atoms with E-state index in [1.807, 2.05) is 36.4 Å². The van der Waals surface area contributed by atoms with Crippen LogP contribution >= 0.6 is 0 Å². The van der Waals surface area contributed by atoms with E-state index in [0.29, 0.717) is 31.5 Å². The number of nitrogens with zero attached hydrogens (tertiary/aromatic N) is 1. The second-order valence-corrected chi connectivity index (χ2v) is 7.43. The highest BCUT2D eigenvalue weighted by atomic mass is 16.4. The lowest BCUT2D eigenvalue weighted by Crippen LogP contribution is -2.41. The Bertz CT molecular complexity index is 830. The molecule has 1 atom stereocenters. The Kier molecular flexibility index (Phi) is 7.00. The number of hydrogen-bond donors (Lipinski definition) is 2. The van der Waals surface area contributed by atoms with Gasteiger partial charge in [-0.15, -0.1) is 0 Å². The monoisotopic (exact) mass is 394 g/mol. The predicted molar refractivity (Wildman–Crippen MR) is 109 cm³/mol. The van der Waals surface area contributed by atoms with Gasteiger partial charge in [0.05, 0.1) is 12.5 Å². The van der Waals surface area contributed by atoms with Crippen molar-refractivity contribution >= 4 is 17.8 Å². The van der Waals surface area contributed by atoms with E-state index in [9.17, 15) is 14.4 Å². The second kappa shape index (κ2) is 9.87. The van der Waals surface area contributed by atoms with Gasteiger partial charge in [0.15, 0.2) is 0 Å². The summed E-state index contributed by atoms with van der Waals surface area (Å²) in [6.45, 7) is 1.12. The number of rotatable bonds is 7. The van der Waals surface area contributed by atoms with Gasteiger partial charge in [-0.3, -0.25) is 14.4 Å². The molecular formula is C23H26N2O4. The van der Waals surface area contributed by atoms with Crippen LogP contribution in [-0.4, -0.2) is 40.9 Å². The molecular weight excluding hydrogens is 368 g/mol. The molecule has 2 aromatic carbocycles. The number of carboxylic acid groups (broad SMARTS) is 1. The van der Waals surface area contributed by atoms with E-state index < -0.39 is 12.0 Å².